The molecule has 2 fully saturated rings. The van der Waals surface area contributed by atoms with Crippen LogP contribution in [0.4, 0.5) is 16.2 Å². The van der Waals surface area contributed by atoms with Crippen LogP contribution in [0.5, 0.6) is 0 Å². The van der Waals surface area contributed by atoms with Crippen LogP contribution in [0.2, 0.25) is 5.02 Å². The number of nitrogens with one attached hydrogen (secondary N) is 1. The lowest BCUT2D eigenvalue weighted by atomic mass is 10.1. The number of amides is 2. The molecule has 132 valence electrons. The average molecular weight is 351 g/mol. The van der Waals surface area contributed by atoms with Crippen LogP contribution in [0.1, 0.15) is 26.7 Å². The van der Waals surface area contributed by atoms with Gasteiger partial charge in [0.2, 0.25) is 0 Å². The van der Waals surface area contributed by atoms with E-state index in [1.54, 1.807) is 0 Å². The Morgan fingerprint density at radius 3 is 2.50 bits per heavy atom. The van der Waals surface area contributed by atoms with Gasteiger partial charge in [0.15, 0.2) is 0 Å². The lowest BCUT2D eigenvalue weighted by molar-refractivity contribution is 0.0796. The van der Waals surface area contributed by atoms with Crippen molar-refractivity contribution in [3.05, 3.63) is 23.2 Å². The molecule has 0 spiro atoms. The standard InChI is InChI=1S/C18H27ClN4O/c1-13-14(2)23(11-10-21(13)3)18(24)20-15-6-7-17(16(19)12-15)22-8-4-5-9-22/h6-7,12-14H,4-5,8-11H2,1-3H3,(H,20,24)/t13-,14-/m0/s1. The second kappa shape index (κ2) is 7.19. The molecule has 2 heterocycles. The first-order valence-corrected chi connectivity index (χ1v) is 9.17. The fourth-order valence-electron chi connectivity index (χ4n) is 3.58. The highest BCUT2D eigenvalue weighted by molar-refractivity contribution is 6.33. The molecule has 5 nitrogen and oxygen atoms in total. The molecule has 0 aromatic heterocycles. The maximum absolute atomic E-state index is 12.6. The molecule has 6 heteroatoms. The van der Waals surface area contributed by atoms with Gasteiger partial charge in [-0.25, -0.2) is 4.79 Å². The third-order valence-electron chi connectivity index (χ3n) is 5.49. The molecule has 1 aromatic rings. The van der Waals surface area contributed by atoms with Gasteiger partial charge < -0.3 is 15.1 Å². The summed E-state index contributed by atoms with van der Waals surface area (Å²) in [6.45, 7) is 8.01. The van der Waals surface area contributed by atoms with Gasteiger partial charge in [-0.2, -0.15) is 0 Å². The Hall–Kier alpha value is -1.46. The minimum Gasteiger partial charge on any atom is -0.370 e. The summed E-state index contributed by atoms with van der Waals surface area (Å²) in [4.78, 5) is 19.1. The van der Waals surface area contributed by atoms with Crippen LogP contribution in [-0.4, -0.2) is 61.1 Å². The fraction of sp³-hybridized carbons (Fsp3) is 0.611. The quantitative estimate of drug-likeness (QED) is 0.887. The number of likely N-dealkylation sites (N-methyl/N-ethyl adjacent to an activating group) is 1. The summed E-state index contributed by atoms with van der Waals surface area (Å²) in [5, 5.41) is 3.70. The van der Waals surface area contributed by atoms with Gasteiger partial charge in [0.05, 0.1) is 10.7 Å². The zero-order valence-corrected chi connectivity index (χ0v) is 15.5. The minimum absolute atomic E-state index is 0.0487. The van der Waals surface area contributed by atoms with Gasteiger partial charge in [-0.15, -0.1) is 0 Å². The van der Waals surface area contributed by atoms with Crippen molar-refractivity contribution < 1.29 is 4.79 Å². The number of halogens is 1. The molecule has 0 radical (unpaired) electrons. The fourth-order valence-corrected chi connectivity index (χ4v) is 3.88. The van der Waals surface area contributed by atoms with E-state index in [0.717, 1.165) is 37.6 Å². The summed E-state index contributed by atoms with van der Waals surface area (Å²) in [7, 11) is 2.10. The molecule has 0 aliphatic carbocycles. The molecule has 3 rings (SSSR count). The lowest BCUT2D eigenvalue weighted by Crippen LogP contribution is -2.58. The zero-order valence-electron chi connectivity index (χ0n) is 14.8. The second-order valence-electron chi connectivity index (χ2n) is 6.95. The molecule has 2 saturated heterocycles. The van der Waals surface area contributed by atoms with E-state index in [1.165, 1.54) is 12.8 Å². The Bertz CT molecular complexity index is 603. The van der Waals surface area contributed by atoms with Crippen molar-refractivity contribution >= 4 is 29.0 Å². The molecule has 2 aliphatic rings. The molecule has 0 unspecified atom stereocenters. The smallest absolute Gasteiger partial charge is 0.322 e. The summed E-state index contributed by atoms with van der Waals surface area (Å²) >= 11 is 6.44. The van der Waals surface area contributed by atoms with Crippen molar-refractivity contribution in [3.8, 4) is 0 Å². The van der Waals surface area contributed by atoms with Crippen molar-refractivity contribution in [3.63, 3.8) is 0 Å². The predicted octanol–water partition coefficient (Wildman–Crippen LogP) is 3.50. The summed E-state index contributed by atoms with van der Waals surface area (Å²) in [6.07, 6.45) is 2.43. The van der Waals surface area contributed by atoms with Crippen molar-refractivity contribution in [2.75, 3.05) is 43.4 Å². The Balaban J connectivity index is 1.67. The number of benzene rings is 1. The molecule has 0 saturated carbocycles. The van der Waals surface area contributed by atoms with Crippen LogP contribution in [-0.2, 0) is 0 Å². The first kappa shape index (κ1) is 17.4. The van der Waals surface area contributed by atoms with E-state index in [-0.39, 0.29) is 12.1 Å². The van der Waals surface area contributed by atoms with E-state index < -0.39 is 0 Å². The van der Waals surface area contributed by atoms with Crippen LogP contribution in [0, 0.1) is 0 Å². The van der Waals surface area contributed by atoms with Crippen molar-refractivity contribution in [1.82, 2.24) is 9.80 Å². The SMILES string of the molecule is C[C@H]1[C@H](C)N(C(=O)Nc2ccc(N3CCCC3)c(Cl)c2)CCN1C. The zero-order chi connectivity index (χ0) is 17.3. The molecule has 0 bridgehead atoms. The summed E-state index contributed by atoms with van der Waals surface area (Å²) < 4.78 is 0. The van der Waals surface area contributed by atoms with E-state index in [0.29, 0.717) is 11.1 Å². The molecule has 2 atom stereocenters. The summed E-state index contributed by atoms with van der Waals surface area (Å²) in [6, 6.07) is 6.30. The molecular weight excluding hydrogens is 324 g/mol. The minimum atomic E-state index is -0.0487. The highest BCUT2D eigenvalue weighted by Gasteiger charge is 2.31. The Morgan fingerprint density at radius 2 is 1.83 bits per heavy atom. The Labute approximate surface area is 149 Å². The third-order valence-corrected chi connectivity index (χ3v) is 5.79. The van der Waals surface area contributed by atoms with E-state index in [1.807, 2.05) is 23.1 Å². The lowest BCUT2D eigenvalue weighted by Gasteiger charge is -2.43. The monoisotopic (exact) mass is 350 g/mol. The van der Waals surface area contributed by atoms with Crippen molar-refractivity contribution in [2.45, 2.75) is 38.8 Å². The highest BCUT2D eigenvalue weighted by Crippen LogP contribution is 2.31. The van der Waals surface area contributed by atoms with E-state index in [9.17, 15) is 4.79 Å². The van der Waals surface area contributed by atoms with Crippen LogP contribution in [0.3, 0.4) is 0 Å². The summed E-state index contributed by atoms with van der Waals surface area (Å²) in [5.74, 6) is 0. The van der Waals surface area contributed by atoms with E-state index >= 15 is 0 Å². The number of rotatable bonds is 2. The molecule has 1 N–H and O–H groups in total. The highest BCUT2D eigenvalue weighted by atomic mass is 35.5. The third kappa shape index (κ3) is 3.47. The molecular formula is C18H27ClN4O. The largest absolute Gasteiger partial charge is 0.370 e. The van der Waals surface area contributed by atoms with Gasteiger partial charge in [-0.05, 0) is 51.9 Å². The van der Waals surface area contributed by atoms with Gasteiger partial charge in [0, 0.05) is 44.0 Å². The van der Waals surface area contributed by atoms with E-state index in [4.69, 9.17) is 11.6 Å². The maximum atomic E-state index is 12.6. The van der Waals surface area contributed by atoms with Gasteiger partial charge >= 0.3 is 6.03 Å². The molecule has 24 heavy (non-hydrogen) atoms. The number of anilines is 2. The van der Waals surface area contributed by atoms with Gasteiger partial charge in [-0.3, -0.25) is 4.90 Å². The topological polar surface area (TPSA) is 38.8 Å². The van der Waals surface area contributed by atoms with Crippen molar-refractivity contribution in [1.29, 1.82) is 0 Å². The van der Waals surface area contributed by atoms with Crippen LogP contribution < -0.4 is 10.2 Å². The van der Waals surface area contributed by atoms with Crippen molar-refractivity contribution in [2.24, 2.45) is 0 Å². The first-order valence-electron chi connectivity index (χ1n) is 8.79. The Morgan fingerprint density at radius 1 is 1.12 bits per heavy atom. The van der Waals surface area contributed by atoms with Crippen LogP contribution in [0.15, 0.2) is 18.2 Å². The van der Waals surface area contributed by atoms with Crippen LogP contribution in [0.25, 0.3) is 0 Å². The number of hydrogen-bond donors (Lipinski definition) is 1. The Kier molecular flexibility index (Phi) is 5.21. The number of urea groups is 1. The molecule has 2 amide bonds. The van der Waals surface area contributed by atoms with E-state index in [2.05, 4.69) is 36.0 Å². The van der Waals surface area contributed by atoms with Crippen LogP contribution >= 0.6 is 11.6 Å². The number of piperazine rings is 1. The van der Waals surface area contributed by atoms with Gasteiger partial charge in [0.25, 0.3) is 0 Å². The second-order valence-corrected chi connectivity index (χ2v) is 7.35. The maximum Gasteiger partial charge on any atom is 0.322 e. The summed E-state index contributed by atoms with van der Waals surface area (Å²) in [5.41, 5.74) is 1.82. The van der Waals surface area contributed by atoms with Gasteiger partial charge in [-0.1, -0.05) is 11.6 Å². The average Bonchev–Trinajstić information content (AvgIpc) is 3.07. The normalized spacial score (nSPS) is 25.2. The predicted molar refractivity (Wildman–Crippen MR) is 100 cm³/mol. The molecule has 1 aromatic carbocycles. The molecule has 2 aliphatic heterocycles. The number of nitrogens with zero attached hydrogens (tertiary/aromatic N) is 3. The first-order chi connectivity index (χ1) is 11.5. The number of carbonyl (C=O) groups excluding carboxylic acids is 1. The number of hydrogen-bond acceptors (Lipinski definition) is 3. The number of carbonyl (C=O) groups is 1. The van der Waals surface area contributed by atoms with Gasteiger partial charge in [0.1, 0.15) is 0 Å².